The van der Waals surface area contributed by atoms with Crippen molar-refractivity contribution in [1.82, 2.24) is 15.5 Å². The molecule has 7 heteroatoms. The third kappa shape index (κ3) is 7.38. The number of likely N-dealkylation sites (tertiary alicyclic amines) is 1. The topological polar surface area (TPSA) is 66.0 Å². The molecule has 2 rings (SSSR count). The zero-order chi connectivity index (χ0) is 21.9. The monoisotopic (exact) mass is 436 g/mol. The number of aliphatic imine (C=N–C) groups is 1. The number of amides is 1. The van der Waals surface area contributed by atoms with Gasteiger partial charge in [0.1, 0.15) is 11.9 Å². The van der Waals surface area contributed by atoms with Gasteiger partial charge >= 0.3 is 0 Å². The first-order chi connectivity index (χ1) is 14.5. The molecule has 0 radical (unpaired) electrons. The first kappa shape index (κ1) is 24.3. The molecule has 1 saturated heterocycles. The Morgan fingerprint density at radius 2 is 1.90 bits per heavy atom. The number of rotatable bonds is 9. The third-order valence-corrected chi connectivity index (χ3v) is 5.81. The van der Waals surface area contributed by atoms with E-state index in [2.05, 4.69) is 36.4 Å². The van der Waals surface area contributed by atoms with Crippen LogP contribution in [-0.2, 0) is 4.79 Å². The average molecular weight is 437 g/mol. The standard InChI is InChI=1S/C23H37ClN4O2/c1-5-18(6-2)22(29)28-14-12-19(13-15-28)27-23(25-7-3)26-16-17(4)30-21-11-9-8-10-20(21)24/h8-11,17-19H,5-7,12-16H2,1-4H3,(H2,25,26,27). The van der Waals surface area contributed by atoms with Crippen LogP contribution in [0.15, 0.2) is 29.3 Å². The number of halogens is 1. The lowest BCUT2D eigenvalue weighted by atomic mass is 9.98. The predicted octanol–water partition coefficient (Wildman–Crippen LogP) is 4.09. The van der Waals surface area contributed by atoms with Crippen molar-refractivity contribution >= 4 is 23.5 Å². The van der Waals surface area contributed by atoms with Crippen LogP contribution in [-0.4, -0.2) is 55.1 Å². The highest BCUT2D eigenvalue weighted by atomic mass is 35.5. The van der Waals surface area contributed by atoms with Gasteiger partial charge in [0, 0.05) is 31.6 Å². The molecule has 1 amide bonds. The van der Waals surface area contributed by atoms with Gasteiger partial charge in [0.05, 0.1) is 11.6 Å². The van der Waals surface area contributed by atoms with Crippen LogP contribution in [0.1, 0.15) is 53.4 Å². The maximum atomic E-state index is 12.6. The van der Waals surface area contributed by atoms with Crippen LogP contribution in [0.25, 0.3) is 0 Å². The molecule has 2 N–H and O–H groups in total. The van der Waals surface area contributed by atoms with Crippen LogP contribution in [0.4, 0.5) is 0 Å². The average Bonchev–Trinajstić information content (AvgIpc) is 2.75. The fourth-order valence-corrected chi connectivity index (χ4v) is 3.85. The molecule has 1 unspecified atom stereocenters. The van der Waals surface area contributed by atoms with Gasteiger partial charge in [-0.2, -0.15) is 0 Å². The Bertz CT molecular complexity index is 686. The van der Waals surface area contributed by atoms with Crippen LogP contribution < -0.4 is 15.4 Å². The summed E-state index contributed by atoms with van der Waals surface area (Å²) in [5, 5.41) is 7.44. The zero-order valence-corrected chi connectivity index (χ0v) is 19.5. The summed E-state index contributed by atoms with van der Waals surface area (Å²) in [6.45, 7) is 11.1. The molecule has 0 aliphatic carbocycles. The normalized spacial score (nSPS) is 16.5. The molecule has 1 atom stereocenters. The van der Waals surface area contributed by atoms with E-state index < -0.39 is 0 Å². The Hall–Kier alpha value is -1.95. The molecule has 1 fully saturated rings. The zero-order valence-electron chi connectivity index (χ0n) is 18.8. The minimum atomic E-state index is -0.0974. The molecule has 0 aromatic heterocycles. The summed E-state index contributed by atoms with van der Waals surface area (Å²) in [6.07, 6.45) is 3.60. The summed E-state index contributed by atoms with van der Waals surface area (Å²) < 4.78 is 5.91. The molecule has 0 spiro atoms. The van der Waals surface area contributed by atoms with Crippen molar-refractivity contribution in [2.75, 3.05) is 26.2 Å². The third-order valence-electron chi connectivity index (χ3n) is 5.50. The molecule has 1 heterocycles. The van der Waals surface area contributed by atoms with E-state index in [1.54, 1.807) is 0 Å². The lowest BCUT2D eigenvalue weighted by Gasteiger charge is -2.35. The number of hydrogen-bond donors (Lipinski definition) is 2. The first-order valence-electron chi connectivity index (χ1n) is 11.2. The summed E-state index contributed by atoms with van der Waals surface area (Å²) in [5.41, 5.74) is 0. The molecule has 1 aliphatic rings. The maximum Gasteiger partial charge on any atom is 0.225 e. The van der Waals surface area contributed by atoms with Crippen molar-refractivity contribution in [2.45, 2.75) is 65.5 Å². The molecule has 168 valence electrons. The van der Waals surface area contributed by atoms with Gasteiger partial charge in [-0.15, -0.1) is 0 Å². The highest BCUT2D eigenvalue weighted by Crippen LogP contribution is 2.24. The van der Waals surface area contributed by atoms with Crippen molar-refractivity contribution in [1.29, 1.82) is 0 Å². The van der Waals surface area contributed by atoms with Crippen molar-refractivity contribution in [2.24, 2.45) is 10.9 Å². The van der Waals surface area contributed by atoms with Gasteiger partial charge in [-0.25, -0.2) is 4.99 Å². The Morgan fingerprint density at radius 3 is 2.50 bits per heavy atom. The summed E-state index contributed by atoms with van der Waals surface area (Å²) in [7, 11) is 0. The molecule has 0 saturated carbocycles. The van der Waals surface area contributed by atoms with E-state index in [9.17, 15) is 4.79 Å². The number of nitrogens with one attached hydrogen (secondary N) is 2. The largest absolute Gasteiger partial charge is 0.487 e. The Kier molecular flexibility index (Phi) is 10.3. The van der Waals surface area contributed by atoms with E-state index in [4.69, 9.17) is 16.3 Å². The van der Waals surface area contributed by atoms with Gasteiger partial charge in [0.15, 0.2) is 5.96 Å². The number of benzene rings is 1. The Labute approximate surface area is 186 Å². The smallest absolute Gasteiger partial charge is 0.225 e. The van der Waals surface area contributed by atoms with Crippen molar-refractivity contribution in [3.05, 3.63) is 29.3 Å². The van der Waals surface area contributed by atoms with E-state index in [0.29, 0.717) is 29.3 Å². The van der Waals surface area contributed by atoms with Gasteiger partial charge < -0.3 is 20.3 Å². The molecule has 0 bridgehead atoms. The van der Waals surface area contributed by atoms with Crippen molar-refractivity contribution < 1.29 is 9.53 Å². The first-order valence-corrected chi connectivity index (χ1v) is 11.6. The minimum absolute atomic E-state index is 0.0974. The number of carbonyl (C=O) groups is 1. The summed E-state index contributed by atoms with van der Waals surface area (Å²) in [4.78, 5) is 19.3. The van der Waals surface area contributed by atoms with E-state index in [1.807, 2.05) is 36.1 Å². The maximum absolute atomic E-state index is 12.6. The highest BCUT2D eigenvalue weighted by molar-refractivity contribution is 6.32. The number of guanidine groups is 1. The van der Waals surface area contributed by atoms with Crippen LogP contribution in [0.3, 0.4) is 0 Å². The second-order valence-electron chi connectivity index (χ2n) is 7.84. The van der Waals surface area contributed by atoms with E-state index in [1.165, 1.54) is 0 Å². The van der Waals surface area contributed by atoms with Gasteiger partial charge in [0.2, 0.25) is 5.91 Å². The lowest BCUT2D eigenvalue weighted by Crippen LogP contribution is -2.50. The van der Waals surface area contributed by atoms with E-state index in [0.717, 1.165) is 51.3 Å². The molecular formula is C23H37ClN4O2. The molecule has 6 nitrogen and oxygen atoms in total. The number of para-hydroxylation sites is 1. The van der Waals surface area contributed by atoms with Crippen LogP contribution >= 0.6 is 11.6 Å². The molecule has 1 aromatic carbocycles. The quantitative estimate of drug-likeness (QED) is 0.452. The van der Waals surface area contributed by atoms with E-state index >= 15 is 0 Å². The highest BCUT2D eigenvalue weighted by Gasteiger charge is 2.26. The molecule has 1 aromatic rings. The molecule has 30 heavy (non-hydrogen) atoms. The fourth-order valence-electron chi connectivity index (χ4n) is 3.67. The number of nitrogens with zero attached hydrogens (tertiary/aromatic N) is 2. The summed E-state index contributed by atoms with van der Waals surface area (Å²) >= 11 is 6.17. The lowest BCUT2D eigenvalue weighted by molar-refractivity contribution is -0.136. The van der Waals surface area contributed by atoms with Crippen LogP contribution in [0.5, 0.6) is 5.75 Å². The summed E-state index contributed by atoms with van der Waals surface area (Å²) in [6, 6.07) is 7.78. The summed E-state index contributed by atoms with van der Waals surface area (Å²) in [5.74, 6) is 1.93. The number of piperidine rings is 1. The minimum Gasteiger partial charge on any atom is -0.487 e. The Morgan fingerprint density at radius 1 is 1.23 bits per heavy atom. The van der Waals surface area contributed by atoms with E-state index in [-0.39, 0.29) is 12.0 Å². The van der Waals surface area contributed by atoms with Gasteiger partial charge in [-0.1, -0.05) is 37.6 Å². The number of ether oxygens (including phenoxy) is 1. The number of hydrogen-bond acceptors (Lipinski definition) is 3. The fraction of sp³-hybridized carbons (Fsp3) is 0.652. The van der Waals surface area contributed by atoms with Gasteiger partial charge in [0.25, 0.3) is 0 Å². The number of carbonyl (C=O) groups excluding carboxylic acids is 1. The molecule has 1 aliphatic heterocycles. The second kappa shape index (κ2) is 12.7. The van der Waals surface area contributed by atoms with Crippen molar-refractivity contribution in [3.63, 3.8) is 0 Å². The van der Waals surface area contributed by atoms with Crippen LogP contribution in [0, 0.1) is 5.92 Å². The van der Waals surface area contributed by atoms with Crippen molar-refractivity contribution in [3.8, 4) is 5.75 Å². The van der Waals surface area contributed by atoms with Gasteiger partial charge in [-0.3, -0.25) is 4.79 Å². The van der Waals surface area contributed by atoms with Crippen LogP contribution in [0.2, 0.25) is 5.02 Å². The van der Waals surface area contributed by atoms with Gasteiger partial charge in [-0.05, 0) is 51.7 Å². The predicted molar refractivity (Wildman–Crippen MR) is 124 cm³/mol. The Balaban J connectivity index is 1.85. The molecular weight excluding hydrogens is 400 g/mol. The second-order valence-corrected chi connectivity index (χ2v) is 8.24. The SMILES string of the molecule is CCNC(=NCC(C)Oc1ccccc1Cl)NC1CCN(C(=O)C(CC)CC)CC1.